The van der Waals surface area contributed by atoms with Gasteiger partial charge < -0.3 is 10.4 Å². The van der Waals surface area contributed by atoms with Gasteiger partial charge in [-0.15, -0.1) is 11.3 Å². The molecule has 2 N–H and O–H groups in total. The molecular formula is C10H12BrNO2S. The molecule has 0 aromatic carbocycles. The monoisotopic (exact) mass is 289 g/mol. The van der Waals surface area contributed by atoms with Crippen molar-refractivity contribution >= 4 is 33.2 Å². The first-order valence-electron chi connectivity index (χ1n) is 4.84. The van der Waals surface area contributed by atoms with Gasteiger partial charge in [0, 0.05) is 11.4 Å². The molecule has 1 aliphatic rings. The molecule has 0 saturated heterocycles. The summed E-state index contributed by atoms with van der Waals surface area (Å²) in [6.45, 7) is 1.64. The van der Waals surface area contributed by atoms with E-state index in [-0.39, 0.29) is 5.92 Å². The third kappa shape index (κ3) is 3.03. The number of nitrogens with one attached hydrogen (secondary N) is 1. The highest BCUT2D eigenvalue weighted by Crippen LogP contribution is 2.37. The second-order valence-corrected chi connectivity index (χ2v) is 6.32. The molecule has 1 heterocycles. The highest BCUT2D eigenvalue weighted by molar-refractivity contribution is 9.11. The summed E-state index contributed by atoms with van der Waals surface area (Å²) in [6.07, 6.45) is 0.830. The van der Waals surface area contributed by atoms with E-state index in [1.165, 1.54) is 4.88 Å². The van der Waals surface area contributed by atoms with Crippen LogP contribution in [0.3, 0.4) is 0 Å². The molecule has 3 nitrogen and oxygen atoms in total. The summed E-state index contributed by atoms with van der Waals surface area (Å²) >= 11 is 5.11. The first-order valence-corrected chi connectivity index (χ1v) is 6.45. The first-order chi connectivity index (χ1) is 7.16. The van der Waals surface area contributed by atoms with Gasteiger partial charge in [-0.25, -0.2) is 0 Å². The molecule has 0 aliphatic heterocycles. The topological polar surface area (TPSA) is 49.3 Å². The predicted octanol–water partition coefficient (Wildman–Crippen LogP) is 2.32. The summed E-state index contributed by atoms with van der Waals surface area (Å²) in [4.78, 5) is 11.8. The van der Waals surface area contributed by atoms with Gasteiger partial charge in [-0.2, -0.15) is 0 Å². The van der Waals surface area contributed by atoms with Crippen LogP contribution in [0.25, 0.3) is 0 Å². The third-order valence-corrected chi connectivity index (χ3v) is 4.20. The van der Waals surface area contributed by atoms with Gasteiger partial charge in [0.25, 0.3) is 0 Å². The molecule has 1 aliphatic carbocycles. The van der Waals surface area contributed by atoms with Crippen molar-refractivity contribution in [3.8, 4) is 0 Å². The average molecular weight is 290 g/mol. The Labute approximate surface area is 101 Å². The second kappa shape index (κ2) is 4.63. The van der Waals surface area contributed by atoms with Crippen LogP contribution in [0.2, 0.25) is 0 Å². The molecule has 2 rings (SSSR count). The van der Waals surface area contributed by atoms with Crippen LogP contribution in [0.5, 0.6) is 0 Å². The fourth-order valence-corrected chi connectivity index (χ4v) is 3.06. The minimum Gasteiger partial charge on any atom is -0.481 e. The zero-order valence-electron chi connectivity index (χ0n) is 8.07. The van der Waals surface area contributed by atoms with E-state index in [0.717, 1.165) is 23.3 Å². The fraction of sp³-hybridized carbons (Fsp3) is 0.500. The summed E-state index contributed by atoms with van der Waals surface area (Å²) in [5.74, 6) is -0.417. The number of aliphatic carboxylic acids is 1. The zero-order valence-corrected chi connectivity index (χ0v) is 10.5. The number of hydrogen-bond donors (Lipinski definition) is 2. The minimum atomic E-state index is -0.652. The largest absolute Gasteiger partial charge is 0.481 e. The second-order valence-electron chi connectivity index (χ2n) is 3.78. The Balaban J connectivity index is 1.66. The molecule has 82 valence electrons. The van der Waals surface area contributed by atoms with Crippen molar-refractivity contribution in [3.63, 3.8) is 0 Å². The standard InChI is InChI=1S/C10H12BrNO2S/c11-9-2-1-7(15-9)5-12-4-6-3-8(6)10(13)14/h1-2,6,8,12H,3-5H2,(H,13,14). The predicted molar refractivity (Wildman–Crippen MR) is 63.0 cm³/mol. The lowest BCUT2D eigenvalue weighted by atomic mass is 10.3. The van der Waals surface area contributed by atoms with Crippen LogP contribution in [0.1, 0.15) is 11.3 Å². The van der Waals surface area contributed by atoms with Crippen LogP contribution in [-0.2, 0) is 11.3 Å². The first kappa shape index (κ1) is 11.1. The van der Waals surface area contributed by atoms with Gasteiger partial charge in [0.2, 0.25) is 0 Å². The maximum absolute atomic E-state index is 10.6. The van der Waals surface area contributed by atoms with E-state index < -0.39 is 5.97 Å². The van der Waals surface area contributed by atoms with Crippen molar-refractivity contribution in [1.82, 2.24) is 5.32 Å². The molecule has 0 radical (unpaired) electrons. The number of thiophene rings is 1. The Kier molecular flexibility index (Phi) is 3.43. The van der Waals surface area contributed by atoms with Gasteiger partial charge in [-0.1, -0.05) is 0 Å². The Bertz CT molecular complexity index is 366. The summed E-state index contributed by atoms with van der Waals surface area (Å²) in [7, 11) is 0. The number of hydrogen-bond acceptors (Lipinski definition) is 3. The lowest BCUT2D eigenvalue weighted by molar-refractivity contribution is -0.138. The number of halogens is 1. The van der Waals surface area contributed by atoms with Crippen LogP contribution in [0.15, 0.2) is 15.9 Å². The van der Waals surface area contributed by atoms with Gasteiger partial charge in [-0.3, -0.25) is 4.79 Å². The minimum absolute atomic E-state index is 0.104. The number of carbonyl (C=O) groups is 1. The molecule has 1 aromatic heterocycles. The molecule has 0 amide bonds. The van der Waals surface area contributed by atoms with Crippen molar-refractivity contribution in [1.29, 1.82) is 0 Å². The Morgan fingerprint density at radius 3 is 3.00 bits per heavy atom. The van der Waals surface area contributed by atoms with Crippen molar-refractivity contribution < 1.29 is 9.90 Å². The van der Waals surface area contributed by atoms with Gasteiger partial charge in [0.05, 0.1) is 9.70 Å². The van der Waals surface area contributed by atoms with E-state index in [1.807, 2.05) is 6.07 Å². The Morgan fingerprint density at radius 1 is 1.67 bits per heavy atom. The molecule has 15 heavy (non-hydrogen) atoms. The third-order valence-electron chi connectivity index (χ3n) is 2.57. The van der Waals surface area contributed by atoms with E-state index in [0.29, 0.717) is 5.92 Å². The van der Waals surface area contributed by atoms with Crippen LogP contribution < -0.4 is 5.32 Å². The lowest BCUT2D eigenvalue weighted by Gasteiger charge is -2.00. The van der Waals surface area contributed by atoms with Gasteiger partial charge in [0.15, 0.2) is 0 Å². The maximum atomic E-state index is 10.6. The smallest absolute Gasteiger partial charge is 0.306 e. The van der Waals surface area contributed by atoms with Crippen LogP contribution in [-0.4, -0.2) is 17.6 Å². The summed E-state index contributed by atoms with van der Waals surface area (Å²) in [6, 6.07) is 4.10. The zero-order chi connectivity index (χ0) is 10.8. The highest BCUT2D eigenvalue weighted by atomic mass is 79.9. The van der Waals surface area contributed by atoms with Gasteiger partial charge in [0.1, 0.15) is 0 Å². The fourth-order valence-electron chi connectivity index (χ4n) is 1.60. The van der Waals surface area contributed by atoms with E-state index in [1.54, 1.807) is 11.3 Å². The van der Waals surface area contributed by atoms with Crippen molar-refractivity contribution in [2.75, 3.05) is 6.54 Å². The van der Waals surface area contributed by atoms with E-state index in [9.17, 15) is 4.79 Å². The van der Waals surface area contributed by atoms with Crippen LogP contribution in [0, 0.1) is 11.8 Å². The molecule has 5 heteroatoms. The van der Waals surface area contributed by atoms with Crippen molar-refractivity contribution in [2.45, 2.75) is 13.0 Å². The van der Waals surface area contributed by atoms with Crippen LogP contribution in [0.4, 0.5) is 0 Å². The Hall–Kier alpha value is -0.390. The molecule has 2 atom stereocenters. The molecule has 1 saturated carbocycles. The van der Waals surface area contributed by atoms with Gasteiger partial charge in [-0.05, 0) is 46.9 Å². The molecule has 2 unspecified atom stereocenters. The molecule has 0 bridgehead atoms. The SMILES string of the molecule is O=C(O)C1CC1CNCc1ccc(Br)s1. The van der Waals surface area contributed by atoms with E-state index in [4.69, 9.17) is 5.11 Å². The maximum Gasteiger partial charge on any atom is 0.306 e. The number of rotatable bonds is 5. The van der Waals surface area contributed by atoms with Crippen LogP contribution >= 0.6 is 27.3 Å². The lowest BCUT2D eigenvalue weighted by Crippen LogP contribution is -2.17. The average Bonchev–Trinajstić information content (AvgIpc) is 2.83. The van der Waals surface area contributed by atoms with Crippen molar-refractivity contribution in [3.05, 3.63) is 20.8 Å². The van der Waals surface area contributed by atoms with E-state index >= 15 is 0 Å². The Morgan fingerprint density at radius 2 is 2.47 bits per heavy atom. The quantitative estimate of drug-likeness (QED) is 0.875. The van der Waals surface area contributed by atoms with E-state index in [2.05, 4.69) is 27.3 Å². The molecule has 1 aromatic rings. The van der Waals surface area contributed by atoms with Crippen molar-refractivity contribution in [2.24, 2.45) is 11.8 Å². The summed E-state index contributed by atoms with van der Waals surface area (Å²) < 4.78 is 1.13. The molecule has 0 spiro atoms. The molecule has 1 fully saturated rings. The summed E-state index contributed by atoms with van der Waals surface area (Å²) in [5, 5.41) is 12.0. The number of carboxylic acids is 1. The van der Waals surface area contributed by atoms with Gasteiger partial charge >= 0.3 is 5.97 Å². The summed E-state index contributed by atoms with van der Waals surface area (Å²) in [5.41, 5.74) is 0. The number of carboxylic acid groups (broad SMARTS) is 1. The normalized spacial score (nSPS) is 24.1. The highest BCUT2D eigenvalue weighted by Gasteiger charge is 2.42. The molecular weight excluding hydrogens is 278 g/mol.